The van der Waals surface area contributed by atoms with E-state index in [0.717, 1.165) is 36.6 Å². The van der Waals surface area contributed by atoms with Crippen LogP contribution in [0.2, 0.25) is 5.02 Å². The molecule has 5 rings (SSSR count). The first-order valence-corrected chi connectivity index (χ1v) is 11.8. The molecule has 1 heterocycles. The average Bonchev–Trinajstić information content (AvgIpc) is 3.33. The molecular formula is C27H28ClFN2O. The first-order chi connectivity index (χ1) is 15.3. The molecule has 1 N–H and O–H groups in total. The molecule has 1 aromatic heterocycles. The molecular weight excluding hydrogens is 423 g/mol. The summed E-state index contributed by atoms with van der Waals surface area (Å²) in [5.41, 5.74) is 2.46. The van der Waals surface area contributed by atoms with Crippen molar-refractivity contribution in [1.82, 2.24) is 10.3 Å². The molecule has 1 amide bonds. The third-order valence-electron chi connectivity index (χ3n) is 7.76. The summed E-state index contributed by atoms with van der Waals surface area (Å²) in [5, 5.41) is 4.84. The Balaban J connectivity index is 1.27. The summed E-state index contributed by atoms with van der Waals surface area (Å²) >= 11 is 5.95. The van der Waals surface area contributed by atoms with Crippen molar-refractivity contribution in [1.29, 1.82) is 0 Å². The molecule has 0 spiro atoms. The minimum absolute atomic E-state index is 0.0492. The Morgan fingerprint density at radius 1 is 1.03 bits per heavy atom. The van der Waals surface area contributed by atoms with Gasteiger partial charge in [-0.1, -0.05) is 11.6 Å². The van der Waals surface area contributed by atoms with Gasteiger partial charge in [-0.3, -0.25) is 9.78 Å². The van der Waals surface area contributed by atoms with Crippen LogP contribution < -0.4 is 5.32 Å². The minimum Gasteiger partial charge on any atom is -0.347 e. The molecule has 0 saturated heterocycles. The monoisotopic (exact) mass is 450 g/mol. The van der Waals surface area contributed by atoms with Gasteiger partial charge in [-0.25, -0.2) is 4.39 Å². The van der Waals surface area contributed by atoms with Crippen LogP contribution >= 0.6 is 11.6 Å². The summed E-state index contributed by atoms with van der Waals surface area (Å²) in [5.74, 6) is 1.93. The molecule has 2 aliphatic rings. The molecule has 0 bridgehead atoms. The molecule has 3 aromatic rings. The Morgan fingerprint density at radius 3 is 2.41 bits per heavy atom. The van der Waals surface area contributed by atoms with E-state index in [2.05, 4.69) is 30.2 Å². The number of carbonyl (C=O) groups is 1. The predicted molar refractivity (Wildman–Crippen MR) is 126 cm³/mol. The molecule has 32 heavy (non-hydrogen) atoms. The predicted octanol–water partition coefficient (Wildman–Crippen LogP) is 6.76. The second-order valence-electron chi connectivity index (χ2n) is 10.1. The summed E-state index contributed by atoms with van der Waals surface area (Å²) in [4.78, 5) is 17.2. The maximum absolute atomic E-state index is 13.9. The zero-order valence-corrected chi connectivity index (χ0v) is 19.2. The van der Waals surface area contributed by atoms with Crippen molar-refractivity contribution in [2.45, 2.75) is 51.0 Å². The number of fused-ring (bicyclic) bond motifs is 2. The largest absolute Gasteiger partial charge is 0.347 e. The summed E-state index contributed by atoms with van der Waals surface area (Å²) in [6.07, 6.45) is 6.33. The minimum atomic E-state index is -0.275. The van der Waals surface area contributed by atoms with Crippen LogP contribution in [0.15, 0.2) is 54.7 Å². The summed E-state index contributed by atoms with van der Waals surface area (Å²) < 4.78 is 13.9. The van der Waals surface area contributed by atoms with E-state index in [1.54, 1.807) is 36.4 Å². The highest BCUT2D eigenvalue weighted by molar-refractivity contribution is 6.30. The normalized spacial score (nSPS) is 25.1. The highest BCUT2D eigenvalue weighted by atomic mass is 35.5. The topological polar surface area (TPSA) is 42.0 Å². The van der Waals surface area contributed by atoms with Crippen molar-refractivity contribution in [3.05, 3.63) is 76.7 Å². The van der Waals surface area contributed by atoms with E-state index < -0.39 is 0 Å². The van der Waals surface area contributed by atoms with Gasteiger partial charge in [-0.15, -0.1) is 0 Å². The van der Waals surface area contributed by atoms with Crippen LogP contribution in [0, 0.1) is 23.6 Å². The van der Waals surface area contributed by atoms with E-state index in [9.17, 15) is 9.18 Å². The zero-order valence-electron chi connectivity index (χ0n) is 18.4. The van der Waals surface area contributed by atoms with Crippen molar-refractivity contribution in [2.24, 2.45) is 17.8 Å². The van der Waals surface area contributed by atoms with E-state index in [1.807, 2.05) is 6.20 Å². The van der Waals surface area contributed by atoms with Gasteiger partial charge in [0.05, 0.1) is 5.52 Å². The Labute approximate surface area is 193 Å². The molecule has 2 saturated carbocycles. The van der Waals surface area contributed by atoms with E-state index in [0.29, 0.717) is 34.3 Å². The van der Waals surface area contributed by atoms with Gasteiger partial charge >= 0.3 is 0 Å². The molecule has 2 fully saturated rings. The number of pyridine rings is 1. The quantitative estimate of drug-likeness (QED) is 0.477. The van der Waals surface area contributed by atoms with Crippen LogP contribution in [0.5, 0.6) is 0 Å². The van der Waals surface area contributed by atoms with Gasteiger partial charge in [0, 0.05) is 27.7 Å². The molecule has 166 valence electrons. The second kappa shape index (κ2) is 8.15. The highest BCUT2D eigenvalue weighted by Gasteiger charge is 2.47. The average molecular weight is 451 g/mol. The molecule has 0 radical (unpaired) electrons. The number of hydrogen-bond donors (Lipinski definition) is 1. The van der Waals surface area contributed by atoms with Gasteiger partial charge in [0.1, 0.15) is 5.82 Å². The van der Waals surface area contributed by atoms with E-state index in [1.165, 1.54) is 11.6 Å². The van der Waals surface area contributed by atoms with Crippen LogP contribution in [-0.4, -0.2) is 16.4 Å². The molecule has 4 atom stereocenters. The number of hydrogen-bond acceptors (Lipinski definition) is 2. The Morgan fingerprint density at radius 2 is 1.72 bits per heavy atom. The van der Waals surface area contributed by atoms with Crippen LogP contribution in [-0.2, 0) is 0 Å². The molecule has 3 nitrogen and oxygen atoms in total. The van der Waals surface area contributed by atoms with Crippen LogP contribution in [0.25, 0.3) is 10.9 Å². The summed E-state index contributed by atoms with van der Waals surface area (Å²) in [7, 11) is 0. The lowest BCUT2D eigenvalue weighted by atomic mass is 9.82. The molecule has 2 aliphatic carbocycles. The number of halogens is 2. The summed E-state index contributed by atoms with van der Waals surface area (Å²) in [6, 6.07) is 14.0. The van der Waals surface area contributed by atoms with E-state index >= 15 is 0 Å². The molecule has 2 aromatic carbocycles. The van der Waals surface area contributed by atoms with E-state index in [4.69, 9.17) is 11.6 Å². The highest BCUT2D eigenvalue weighted by Crippen LogP contribution is 2.55. The number of nitrogens with one attached hydrogen (secondary N) is 1. The van der Waals surface area contributed by atoms with Gasteiger partial charge in [-0.2, -0.15) is 0 Å². The third kappa shape index (κ3) is 4.01. The Kier molecular flexibility index (Phi) is 5.45. The zero-order chi connectivity index (χ0) is 22.5. The van der Waals surface area contributed by atoms with Crippen LogP contribution in [0.4, 0.5) is 4.39 Å². The fraction of sp³-hybridized carbons (Fsp3) is 0.407. The Hall–Kier alpha value is -2.46. The van der Waals surface area contributed by atoms with Crippen molar-refractivity contribution >= 4 is 28.4 Å². The lowest BCUT2D eigenvalue weighted by Gasteiger charge is -2.34. The van der Waals surface area contributed by atoms with Crippen LogP contribution in [0.3, 0.4) is 0 Å². The first kappa shape index (κ1) is 21.4. The second-order valence-corrected chi connectivity index (χ2v) is 10.5. The fourth-order valence-electron chi connectivity index (χ4n) is 6.02. The number of benzene rings is 2. The van der Waals surface area contributed by atoms with E-state index in [-0.39, 0.29) is 17.3 Å². The number of aromatic nitrogens is 1. The Bertz CT molecular complexity index is 1150. The maximum Gasteiger partial charge on any atom is 0.251 e. The smallest absolute Gasteiger partial charge is 0.251 e. The summed E-state index contributed by atoms with van der Waals surface area (Å²) in [6.45, 7) is 4.28. The van der Waals surface area contributed by atoms with Crippen molar-refractivity contribution in [3.63, 3.8) is 0 Å². The lowest BCUT2D eigenvalue weighted by Crippen LogP contribution is -2.48. The third-order valence-corrected chi connectivity index (χ3v) is 8.01. The molecule has 3 unspecified atom stereocenters. The number of rotatable bonds is 4. The SMILES string of the molecule is CC(C)(NC(=O)c1ccc(Cl)cc1)C1CC2CC(c3ccnc4ccc(F)cc34)C[C@H]2C1. The van der Waals surface area contributed by atoms with Crippen LogP contribution in [0.1, 0.15) is 61.4 Å². The van der Waals surface area contributed by atoms with Gasteiger partial charge in [0.15, 0.2) is 0 Å². The molecule has 5 heteroatoms. The van der Waals surface area contributed by atoms with Gasteiger partial charge < -0.3 is 5.32 Å². The number of carbonyl (C=O) groups excluding carboxylic acids is 1. The molecule has 0 aliphatic heterocycles. The standard InChI is InChI=1S/C27H28ClFN2O/c1-27(2,31-26(32)16-3-5-21(28)6-4-16)20-13-17-11-19(12-18(17)14-20)23-9-10-30-25-8-7-22(29)15-24(23)25/h3-10,15,17-20H,11-14H2,1-2H3,(H,31,32)/t17-,18?,19?,20?/m0/s1. The first-order valence-electron chi connectivity index (χ1n) is 11.4. The van der Waals surface area contributed by atoms with Crippen molar-refractivity contribution in [2.75, 3.05) is 0 Å². The lowest BCUT2D eigenvalue weighted by molar-refractivity contribution is 0.0877. The maximum atomic E-state index is 13.9. The fourth-order valence-corrected chi connectivity index (χ4v) is 6.15. The van der Waals surface area contributed by atoms with Gasteiger partial charge in [-0.05, 0) is 117 Å². The van der Waals surface area contributed by atoms with Gasteiger partial charge in [0.2, 0.25) is 0 Å². The van der Waals surface area contributed by atoms with Gasteiger partial charge in [0.25, 0.3) is 5.91 Å². The van der Waals surface area contributed by atoms with Crippen molar-refractivity contribution < 1.29 is 9.18 Å². The number of nitrogens with zero attached hydrogens (tertiary/aromatic N) is 1. The van der Waals surface area contributed by atoms with Crippen molar-refractivity contribution in [3.8, 4) is 0 Å². The number of amides is 1.